The molecular formula is C14H20FN3O2. The van der Waals surface area contributed by atoms with Crippen LogP contribution in [0.25, 0.3) is 0 Å². The molecular weight excluding hydrogens is 261 g/mol. The number of esters is 1. The van der Waals surface area contributed by atoms with Crippen LogP contribution in [0.1, 0.15) is 10.4 Å². The monoisotopic (exact) mass is 281 g/mol. The standard InChI is InChI=1S/C14H20FN3O2/c1-17-4-6-18(7-5-17)8-9-20-14(19)12-10-11(16)2-3-13(12)15/h2-3,10H,4-9,16H2,1H3. The van der Waals surface area contributed by atoms with E-state index < -0.39 is 11.8 Å². The van der Waals surface area contributed by atoms with Crippen LogP contribution in [0.4, 0.5) is 10.1 Å². The van der Waals surface area contributed by atoms with Gasteiger partial charge in [-0.1, -0.05) is 0 Å². The molecule has 0 bridgehead atoms. The largest absolute Gasteiger partial charge is 0.461 e. The summed E-state index contributed by atoms with van der Waals surface area (Å²) in [5, 5.41) is 0. The topological polar surface area (TPSA) is 58.8 Å². The predicted molar refractivity (Wildman–Crippen MR) is 75.0 cm³/mol. The second-order valence-electron chi connectivity index (χ2n) is 5.02. The predicted octanol–water partition coefficient (Wildman–Crippen LogP) is 0.812. The summed E-state index contributed by atoms with van der Waals surface area (Å²) in [5.41, 5.74) is 5.77. The van der Waals surface area contributed by atoms with E-state index in [4.69, 9.17) is 10.5 Å². The molecule has 1 aromatic rings. The Kier molecular flexibility index (Phi) is 4.92. The summed E-state index contributed by atoms with van der Waals surface area (Å²) in [6.07, 6.45) is 0. The van der Waals surface area contributed by atoms with E-state index in [9.17, 15) is 9.18 Å². The summed E-state index contributed by atoms with van der Waals surface area (Å²) >= 11 is 0. The number of rotatable bonds is 4. The molecule has 0 saturated carbocycles. The minimum absolute atomic E-state index is 0.108. The van der Waals surface area contributed by atoms with Crippen molar-refractivity contribution in [1.82, 2.24) is 9.80 Å². The van der Waals surface area contributed by atoms with Crippen LogP contribution in [0, 0.1) is 5.82 Å². The zero-order valence-corrected chi connectivity index (χ0v) is 11.6. The van der Waals surface area contributed by atoms with E-state index in [-0.39, 0.29) is 12.2 Å². The summed E-state index contributed by atoms with van der Waals surface area (Å²) in [6.45, 7) is 4.87. The van der Waals surface area contributed by atoms with Crippen molar-refractivity contribution in [2.75, 3.05) is 52.1 Å². The molecule has 1 fully saturated rings. The minimum atomic E-state index is -0.663. The Morgan fingerprint density at radius 3 is 2.75 bits per heavy atom. The van der Waals surface area contributed by atoms with Crippen molar-refractivity contribution in [3.63, 3.8) is 0 Å². The summed E-state index contributed by atoms with van der Waals surface area (Å²) in [5.74, 6) is -1.27. The molecule has 5 nitrogen and oxygen atoms in total. The summed E-state index contributed by atoms with van der Waals surface area (Å²) in [7, 11) is 2.08. The van der Waals surface area contributed by atoms with Crippen molar-refractivity contribution in [3.8, 4) is 0 Å². The highest BCUT2D eigenvalue weighted by molar-refractivity contribution is 5.90. The van der Waals surface area contributed by atoms with Crippen LogP contribution in [0.15, 0.2) is 18.2 Å². The molecule has 6 heteroatoms. The van der Waals surface area contributed by atoms with Crippen LogP contribution < -0.4 is 5.73 Å². The molecule has 0 aromatic heterocycles. The fraction of sp³-hybridized carbons (Fsp3) is 0.500. The molecule has 1 heterocycles. The Morgan fingerprint density at radius 1 is 1.35 bits per heavy atom. The van der Waals surface area contributed by atoms with E-state index >= 15 is 0 Å². The molecule has 1 aromatic carbocycles. The third-order valence-corrected chi connectivity index (χ3v) is 3.45. The summed E-state index contributed by atoms with van der Waals surface area (Å²) < 4.78 is 18.6. The highest BCUT2D eigenvalue weighted by atomic mass is 19.1. The second kappa shape index (κ2) is 6.67. The average molecular weight is 281 g/mol. The Bertz CT molecular complexity index is 473. The fourth-order valence-corrected chi connectivity index (χ4v) is 2.12. The molecule has 2 rings (SSSR count). The molecule has 20 heavy (non-hydrogen) atoms. The van der Waals surface area contributed by atoms with Gasteiger partial charge in [-0.2, -0.15) is 0 Å². The zero-order valence-electron chi connectivity index (χ0n) is 11.6. The molecule has 1 aliphatic rings. The van der Waals surface area contributed by atoms with E-state index in [2.05, 4.69) is 16.8 Å². The molecule has 0 unspecified atom stereocenters. The lowest BCUT2D eigenvalue weighted by Gasteiger charge is -2.32. The van der Waals surface area contributed by atoms with E-state index in [1.54, 1.807) is 0 Å². The highest BCUT2D eigenvalue weighted by Gasteiger charge is 2.16. The molecule has 0 amide bonds. The third-order valence-electron chi connectivity index (χ3n) is 3.45. The number of likely N-dealkylation sites (N-methyl/N-ethyl adjacent to an activating group) is 1. The maximum atomic E-state index is 13.5. The van der Waals surface area contributed by atoms with E-state index in [1.165, 1.54) is 18.2 Å². The molecule has 2 N–H and O–H groups in total. The van der Waals surface area contributed by atoms with Crippen LogP contribution in [0.5, 0.6) is 0 Å². The van der Waals surface area contributed by atoms with Gasteiger partial charge in [0.2, 0.25) is 0 Å². The number of halogens is 1. The van der Waals surface area contributed by atoms with Crippen LogP contribution >= 0.6 is 0 Å². The maximum absolute atomic E-state index is 13.5. The first-order chi connectivity index (χ1) is 9.56. The van der Waals surface area contributed by atoms with Crippen molar-refractivity contribution in [2.24, 2.45) is 0 Å². The van der Waals surface area contributed by atoms with Gasteiger partial charge in [0.05, 0.1) is 5.56 Å². The average Bonchev–Trinajstić information content (AvgIpc) is 2.43. The van der Waals surface area contributed by atoms with Gasteiger partial charge in [0.1, 0.15) is 12.4 Å². The first kappa shape index (κ1) is 14.7. The number of carbonyl (C=O) groups is 1. The third kappa shape index (κ3) is 3.91. The van der Waals surface area contributed by atoms with Crippen LogP contribution in [0.2, 0.25) is 0 Å². The lowest BCUT2D eigenvalue weighted by Crippen LogP contribution is -2.45. The molecule has 0 radical (unpaired) electrons. The number of nitrogen functional groups attached to an aromatic ring is 1. The van der Waals surface area contributed by atoms with E-state index in [1.807, 2.05) is 0 Å². The first-order valence-electron chi connectivity index (χ1n) is 6.69. The number of hydrogen-bond acceptors (Lipinski definition) is 5. The first-order valence-corrected chi connectivity index (χ1v) is 6.69. The lowest BCUT2D eigenvalue weighted by molar-refractivity contribution is 0.0427. The van der Waals surface area contributed by atoms with Crippen molar-refractivity contribution in [2.45, 2.75) is 0 Å². The Morgan fingerprint density at radius 2 is 2.05 bits per heavy atom. The number of ether oxygens (including phenoxy) is 1. The van der Waals surface area contributed by atoms with Gasteiger partial charge < -0.3 is 15.4 Å². The molecule has 0 atom stereocenters. The fourth-order valence-electron chi connectivity index (χ4n) is 2.12. The van der Waals surface area contributed by atoms with Gasteiger partial charge in [-0.05, 0) is 25.2 Å². The SMILES string of the molecule is CN1CCN(CCOC(=O)c2cc(N)ccc2F)CC1. The number of nitrogens with zero attached hydrogens (tertiary/aromatic N) is 2. The normalized spacial score (nSPS) is 17.1. The van der Waals surface area contributed by atoms with Gasteiger partial charge in [0, 0.05) is 38.4 Å². The number of benzene rings is 1. The number of carbonyl (C=O) groups excluding carboxylic acids is 1. The van der Waals surface area contributed by atoms with Gasteiger partial charge in [0.15, 0.2) is 0 Å². The van der Waals surface area contributed by atoms with Gasteiger partial charge in [-0.15, -0.1) is 0 Å². The van der Waals surface area contributed by atoms with E-state index in [0.29, 0.717) is 12.2 Å². The second-order valence-corrected chi connectivity index (χ2v) is 5.02. The zero-order chi connectivity index (χ0) is 14.5. The van der Waals surface area contributed by atoms with Crippen molar-refractivity contribution in [3.05, 3.63) is 29.6 Å². The quantitative estimate of drug-likeness (QED) is 0.654. The van der Waals surface area contributed by atoms with Crippen LogP contribution in [-0.2, 0) is 4.74 Å². The molecule has 1 saturated heterocycles. The number of nitrogens with two attached hydrogens (primary N) is 1. The number of piperazine rings is 1. The van der Waals surface area contributed by atoms with Crippen molar-refractivity contribution >= 4 is 11.7 Å². The summed E-state index contributed by atoms with van der Waals surface area (Å²) in [4.78, 5) is 16.2. The smallest absolute Gasteiger partial charge is 0.341 e. The Labute approximate surface area is 118 Å². The Hall–Kier alpha value is -1.66. The van der Waals surface area contributed by atoms with Crippen molar-refractivity contribution in [1.29, 1.82) is 0 Å². The molecule has 0 spiro atoms. The molecule has 1 aliphatic heterocycles. The van der Waals surface area contributed by atoms with Gasteiger partial charge in [0.25, 0.3) is 0 Å². The summed E-state index contributed by atoms with van der Waals surface area (Å²) in [6, 6.07) is 3.89. The maximum Gasteiger partial charge on any atom is 0.341 e. The van der Waals surface area contributed by atoms with Gasteiger partial charge >= 0.3 is 5.97 Å². The minimum Gasteiger partial charge on any atom is -0.461 e. The van der Waals surface area contributed by atoms with Crippen LogP contribution in [-0.4, -0.2) is 62.1 Å². The van der Waals surface area contributed by atoms with Gasteiger partial charge in [-0.25, -0.2) is 9.18 Å². The van der Waals surface area contributed by atoms with E-state index in [0.717, 1.165) is 26.2 Å². The molecule has 0 aliphatic carbocycles. The van der Waals surface area contributed by atoms with Gasteiger partial charge in [-0.3, -0.25) is 4.90 Å². The number of anilines is 1. The lowest BCUT2D eigenvalue weighted by atomic mass is 10.2. The Balaban J connectivity index is 1.79. The molecule has 110 valence electrons. The number of hydrogen-bond donors (Lipinski definition) is 1. The van der Waals surface area contributed by atoms with Crippen molar-refractivity contribution < 1.29 is 13.9 Å². The highest BCUT2D eigenvalue weighted by Crippen LogP contribution is 2.13. The van der Waals surface area contributed by atoms with Crippen LogP contribution in [0.3, 0.4) is 0 Å².